The number of nitrogen functional groups attached to an aromatic ring is 1. The molecule has 22 heteroatoms. The lowest BCUT2D eigenvalue weighted by atomic mass is 9.86. The first-order valence-corrected chi connectivity index (χ1v) is 26.2. The van der Waals surface area contributed by atoms with E-state index in [1.54, 1.807) is 28.5 Å². The van der Waals surface area contributed by atoms with Crippen molar-refractivity contribution < 1.29 is 46.5 Å². The van der Waals surface area contributed by atoms with Crippen LogP contribution in [0, 0.1) is 12.7 Å². The number of fused-ring (bicyclic) bond motifs is 6. The van der Waals surface area contributed by atoms with Gasteiger partial charge in [0.15, 0.2) is 11.4 Å². The van der Waals surface area contributed by atoms with Crippen molar-refractivity contribution in [3.05, 3.63) is 103 Å². The third-order valence-electron chi connectivity index (χ3n) is 15.9. The van der Waals surface area contributed by atoms with Crippen LogP contribution in [0.1, 0.15) is 79.3 Å². The van der Waals surface area contributed by atoms with Crippen molar-refractivity contribution in [3.8, 4) is 34.4 Å². The third-order valence-corrected chi connectivity index (χ3v) is 16.2. The highest BCUT2D eigenvalue weighted by Crippen LogP contribution is 2.46. The molecule has 5 aliphatic rings. The Hall–Kier alpha value is -6.94. The van der Waals surface area contributed by atoms with Gasteiger partial charge in [-0.3, -0.25) is 14.5 Å². The summed E-state index contributed by atoms with van der Waals surface area (Å²) in [6.45, 7) is 12.8. The van der Waals surface area contributed by atoms with Gasteiger partial charge >= 0.3 is 18.2 Å². The molecule has 3 saturated heterocycles. The Morgan fingerprint density at radius 1 is 0.987 bits per heavy atom. The minimum absolute atomic E-state index is 0.0311. The minimum Gasteiger partial charge on any atom is -0.489 e. The van der Waals surface area contributed by atoms with Gasteiger partial charge in [0.2, 0.25) is 0 Å². The number of carbonyl (C=O) groups is 2. The molecule has 0 spiro atoms. The van der Waals surface area contributed by atoms with Gasteiger partial charge in [0.25, 0.3) is 11.5 Å². The molecule has 77 heavy (non-hydrogen) atoms. The van der Waals surface area contributed by atoms with E-state index in [0.717, 1.165) is 67.9 Å². The Bertz CT molecular complexity index is 3520. The molecule has 0 aliphatic carbocycles. The lowest BCUT2D eigenvalue weighted by molar-refractivity contribution is -0.172. The van der Waals surface area contributed by atoms with Crippen LogP contribution in [0.25, 0.3) is 44.5 Å². The molecular weight excluding hydrogens is 1020 g/mol. The molecule has 1 amide bonds. The van der Waals surface area contributed by atoms with Crippen molar-refractivity contribution >= 4 is 56.9 Å². The fourth-order valence-electron chi connectivity index (χ4n) is 11.7. The number of nitrogens with zero attached hydrogens (tertiary/aromatic N) is 9. The Balaban J connectivity index is 0.847. The lowest BCUT2D eigenvalue weighted by Gasteiger charge is -2.41. The van der Waals surface area contributed by atoms with E-state index in [2.05, 4.69) is 26.3 Å². The number of ether oxygens (including phenoxy) is 3. The van der Waals surface area contributed by atoms with Gasteiger partial charge in [0.05, 0.1) is 50.9 Å². The van der Waals surface area contributed by atoms with Gasteiger partial charge < -0.3 is 44.3 Å². The van der Waals surface area contributed by atoms with E-state index in [4.69, 9.17) is 41.5 Å². The van der Waals surface area contributed by atoms with E-state index in [0.29, 0.717) is 29.2 Å². The quantitative estimate of drug-likeness (QED) is 0.0692. The van der Waals surface area contributed by atoms with Crippen molar-refractivity contribution in [2.75, 3.05) is 70.2 Å². The molecular formula is C55H57ClF4N10O7. The number of pyridine rings is 3. The zero-order valence-corrected chi connectivity index (χ0v) is 43.8. The van der Waals surface area contributed by atoms with Gasteiger partial charge in [-0.15, -0.1) is 0 Å². The Morgan fingerprint density at radius 3 is 2.48 bits per heavy atom. The number of nitrogens with two attached hydrogens (primary N) is 1. The zero-order chi connectivity index (χ0) is 54.4. The number of alkyl halides is 3. The zero-order valence-electron chi connectivity index (χ0n) is 43.0. The standard InChI is InChI=1S/C55H57ClF4N10O7/c1-6-54(74)38-21-41-46-36(24-70(41)51(72)37(38)27-76-52(54)73)35(23-67-14-7-8-15-67)33-19-32(11-12-40(33)62-46)75-25-29(3)50(71)68-16-17-69(30(4)22-68)49-34-20-39(56)43(48-44(55(58,59)60)28(2)18-42(61)63-48)45(57)47(34)64-53(65-49)77-26-31-10-9-13-66(31)5/h11-12,18-21,30-31,74H,3,6-10,13-17,22-27H2,1-2,4-5H3,(H2,61,63)/t30-,31-,54-/m0/s1. The number of piperazine rings is 1. The number of carbonyl (C=O) groups excluding carboxylic acids is 2. The third kappa shape index (κ3) is 9.17. The van der Waals surface area contributed by atoms with E-state index in [1.165, 1.54) is 13.0 Å². The van der Waals surface area contributed by atoms with Gasteiger partial charge in [0, 0.05) is 65.7 Å². The maximum Gasteiger partial charge on any atom is 0.418 e. The Labute approximate surface area is 445 Å². The molecule has 5 aliphatic heterocycles. The van der Waals surface area contributed by atoms with Crippen molar-refractivity contribution in [3.63, 3.8) is 0 Å². The smallest absolute Gasteiger partial charge is 0.418 e. The van der Waals surface area contributed by atoms with E-state index >= 15 is 4.39 Å². The SMILES string of the molecule is C=C(COc1ccc2nc3c(c(CN4CCCC4)c2c1)Cn1c-3cc2c(c1=O)COC(=O)[C@]2(O)CC)C(=O)N1CCN(c2nc(OC[C@@H]3CCCN3C)nc3c(F)c(-c4nc(N)cc(C)c4C(F)(F)F)c(Cl)cc23)[C@@H](C)C1. The molecule has 3 atom stereocenters. The number of aliphatic hydroxyl groups is 1. The maximum absolute atomic E-state index is 17.1. The molecule has 11 rings (SSSR count). The van der Waals surface area contributed by atoms with Crippen LogP contribution in [0.3, 0.4) is 0 Å². The van der Waals surface area contributed by atoms with Crippen LogP contribution in [0.2, 0.25) is 5.02 Å². The molecule has 404 valence electrons. The van der Waals surface area contributed by atoms with Crippen molar-refractivity contribution in [2.45, 2.75) is 96.4 Å². The number of hydrogen-bond acceptors (Lipinski definition) is 15. The van der Waals surface area contributed by atoms with Gasteiger partial charge in [-0.2, -0.15) is 23.1 Å². The van der Waals surface area contributed by atoms with Crippen LogP contribution in [0.4, 0.5) is 29.2 Å². The number of anilines is 2. The van der Waals surface area contributed by atoms with Crippen molar-refractivity contribution in [1.29, 1.82) is 0 Å². The van der Waals surface area contributed by atoms with Crippen LogP contribution >= 0.6 is 11.6 Å². The molecule has 6 aromatic rings. The molecule has 0 bridgehead atoms. The monoisotopic (exact) mass is 1080 g/mol. The molecule has 0 saturated carbocycles. The topological polar surface area (TPSA) is 195 Å². The fourth-order valence-corrected chi connectivity index (χ4v) is 12.0. The number of aromatic nitrogens is 5. The Kier molecular flexibility index (Phi) is 13.4. The van der Waals surface area contributed by atoms with E-state index in [1.807, 2.05) is 31.0 Å². The number of benzene rings is 2. The predicted molar refractivity (Wildman–Crippen MR) is 280 cm³/mol. The first-order valence-electron chi connectivity index (χ1n) is 25.8. The predicted octanol–water partition coefficient (Wildman–Crippen LogP) is 7.53. The van der Waals surface area contributed by atoms with Gasteiger partial charge in [0.1, 0.15) is 42.7 Å². The molecule has 2 aromatic carbocycles. The highest BCUT2D eigenvalue weighted by atomic mass is 35.5. The van der Waals surface area contributed by atoms with Crippen LogP contribution in [0.15, 0.2) is 53.3 Å². The number of aryl methyl sites for hydroxylation is 1. The number of likely N-dealkylation sites (tertiary alicyclic amines) is 2. The van der Waals surface area contributed by atoms with Crippen molar-refractivity contribution in [1.82, 2.24) is 39.2 Å². The summed E-state index contributed by atoms with van der Waals surface area (Å²) < 4.78 is 80.1. The van der Waals surface area contributed by atoms with Crippen molar-refractivity contribution in [2.24, 2.45) is 0 Å². The average molecular weight is 1080 g/mol. The fraction of sp³-hybridized carbons (Fsp3) is 0.436. The molecule has 9 heterocycles. The highest BCUT2D eigenvalue weighted by Gasteiger charge is 2.46. The summed E-state index contributed by atoms with van der Waals surface area (Å²) in [4.78, 5) is 67.2. The van der Waals surface area contributed by atoms with E-state index in [-0.39, 0.29) is 126 Å². The number of hydrogen-bond donors (Lipinski definition) is 2. The summed E-state index contributed by atoms with van der Waals surface area (Å²) in [6.07, 6.45) is -0.964. The van der Waals surface area contributed by atoms with Crippen LogP contribution in [0.5, 0.6) is 11.8 Å². The van der Waals surface area contributed by atoms with Crippen LogP contribution in [-0.4, -0.2) is 128 Å². The minimum atomic E-state index is -4.92. The number of rotatable bonds is 12. The molecule has 17 nitrogen and oxygen atoms in total. The second-order valence-corrected chi connectivity index (χ2v) is 21.2. The van der Waals surface area contributed by atoms with E-state index < -0.39 is 46.4 Å². The summed E-state index contributed by atoms with van der Waals surface area (Å²) in [5.41, 5.74) is 4.77. The highest BCUT2D eigenvalue weighted by molar-refractivity contribution is 6.34. The first-order chi connectivity index (χ1) is 36.7. The largest absolute Gasteiger partial charge is 0.489 e. The van der Waals surface area contributed by atoms with E-state index in [9.17, 15) is 32.7 Å². The van der Waals surface area contributed by atoms with Gasteiger partial charge in [-0.1, -0.05) is 25.1 Å². The normalized spacial score (nSPS) is 20.7. The number of cyclic esters (lactones) is 1. The molecule has 0 unspecified atom stereocenters. The van der Waals surface area contributed by atoms with Crippen LogP contribution in [-0.2, 0) is 45.8 Å². The number of amides is 1. The summed E-state index contributed by atoms with van der Waals surface area (Å²) in [6, 6.07) is 9.00. The first kappa shape index (κ1) is 52.1. The second-order valence-electron chi connectivity index (χ2n) is 20.8. The summed E-state index contributed by atoms with van der Waals surface area (Å²) >= 11 is 6.74. The molecule has 4 aromatic heterocycles. The lowest BCUT2D eigenvalue weighted by Crippen LogP contribution is -2.54. The maximum atomic E-state index is 17.1. The second kappa shape index (κ2) is 19.8. The summed E-state index contributed by atoms with van der Waals surface area (Å²) in [7, 11) is 1.97. The summed E-state index contributed by atoms with van der Waals surface area (Å²) in [5.74, 6) is -1.85. The number of likely N-dealkylation sites (N-methyl/N-ethyl adjacent to an activating group) is 1. The number of esters is 1. The molecule has 3 fully saturated rings. The van der Waals surface area contributed by atoms with Gasteiger partial charge in [-0.05, 0) is 120 Å². The molecule has 0 radical (unpaired) electrons. The summed E-state index contributed by atoms with van der Waals surface area (Å²) in [5, 5.41) is 12.0. The van der Waals surface area contributed by atoms with Crippen LogP contribution < -0.4 is 25.7 Å². The average Bonchev–Trinajstić information content (AvgIpc) is 4.31. The number of halogens is 5. The van der Waals surface area contributed by atoms with Gasteiger partial charge in [-0.25, -0.2) is 19.2 Å². The Morgan fingerprint density at radius 2 is 1.77 bits per heavy atom. The molecule has 3 N–H and O–H groups in total.